The predicted molar refractivity (Wildman–Crippen MR) is 31.0 cm³/mol. The van der Waals surface area contributed by atoms with Gasteiger partial charge in [-0.1, -0.05) is 0 Å². The van der Waals surface area contributed by atoms with Gasteiger partial charge in [0.15, 0.2) is 0 Å². The van der Waals surface area contributed by atoms with Crippen LogP contribution in [0.5, 0.6) is 0 Å². The van der Waals surface area contributed by atoms with Crippen molar-refractivity contribution in [2.45, 2.75) is 5.92 Å². The average molecular weight is 123 g/mol. The second-order valence-electron chi connectivity index (χ2n) is 2.19. The molecule has 0 bridgehead atoms. The first-order valence-corrected chi connectivity index (χ1v) is 2.96. The molecule has 0 aliphatic carbocycles. The number of rotatable bonds is 1. The van der Waals surface area contributed by atoms with E-state index < -0.39 is 0 Å². The summed E-state index contributed by atoms with van der Waals surface area (Å²) in [6.45, 7) is 1.66. The molecular formula is C6H7N2O. The van der Waals surface area contributed by atoms with E-state index in [2.05, 4.69) is 16.4 Å². The van der Waals surface area contributed by atoms with E-state index in [1.165, 1.54) is 0 Å². The van der Waals surface area contributed by atoms with Gasteiger partial charge >= 0.3 is 0 Å². The van der Waals surface area contributed by atoms with Crippen LogP contribution in [0.25, 0.3) is 0 Å². The summed E-state index contributed by atoms with van der Waals surface area (Å²) in [6, 6.07) is 0. The highest BCUT2D eigenvalue weighted by Crippen LogP contribution is 2.21. The molecule has 0 atom stereocenters. The van der Waals surface area contributed by atoms with E-state index >= 15 is 0 Å². The van der Waals surface area contributed by atoms with Gasteiger partial charge in [-0.25, -0.2) is 0 Å². The summed E-state index contributed by atoms with van der Waals surface area (Å²) in [5, 5.41) is 6.44. The van der Waals surface area contributed by atoms with Crippen molar-refractivity contribution in [2.75, 3.05) is 13.2 Å². The van der Waals surface area contributed by atoms with Crippen LogP contribution >= 0.6 is 0 Å². The van der Waals surface area contributed by atoms with Gasteiger partial charge in [-0.15, -0.1) is 0 Å². The molecule has 2 heterocycles. The van der Waals surface area contributed by atoms with Crippen molar-refractivity contribution in [2.24, 2.45) is 0 Å². The Morgan fingerprint density at radius 2 is 2.67 bits per heavy atom. The molecule has 9 heavy (non-hydrogen) atoms. The van der Waals surface area contributed by atoms with Gasteiger partial charge in [0.1, 0.15) is 6.20 Å². The lowest BCUT2D eigenvalue weighted by Gasteiger charge is -2.24. The normalized spacial score (nSPS) is 19.6. The second kappa shape index (κ2) is 1.84. The van der Waals surface area contributed by atoms with Crippen molar-refractivity contribution in [3.05, 3.63) is 18.0 Å². The smallest absolute Gasteiger partial charge is 0.116 e. The van der Waals surface area contributed by atoms with Crippen LogP contribution in [0.3, 0.4) is 0 Å². The average Bonchev–Trinajstić information content (AvgIpc) is 2.11. The number of hydrogen-bond donors (Lipinski definition) is 1. The molecule has 2 rings (SSSR count). The number of aromatic nitrogens is 2. The Bertz CT molecular complexity index is 179. The fourth-order valence-electron chi connectivity index (χ4n) is 0.855. The first kappa shape index (κ1) is 4.99. The number of nitrogens with one attached hydrogen (secondary N) is 1. The molecule has 0 amide bonds. The molecule has 47 valence electrons. The second-order valence-corrected chi connectivity index (χ2v) is 2.19. The third-order valence-electron chi connectivity index (χ3n) is 1.55. The quantitative estimate of drug-likeness (QED) is 0.584. The van der Waals surface area contributed by atoms with E-state index in [4.69, 9.17) is 4.74 Å². The SMILES string of the molecule is [c]1n[nH]cc1C1COC1. The van der Waals surface area contributed by atoms with Crippen LogP contribution in [0.2, 0.25) is 0 Å². The predicted octanol–water partition coefficient (Wildman–Crippen LogP) is 0.324. The van der Waals surface area contributed by atoms with Crippen molar-refractivity contribution >= 4 is 0 Å². The fourth-order valence-corrected chi connectivity index (χ4v) is 0.855. The van der Waals surface area contributed by atoms with Gasteiger partial charge in [-0.3, -0.25) is 5.10 Å². The Hall–Kier alpha value is -0.830. The van der Waals surface area contributed by atoms with E-state index in [0.29, 0.717) is 5.92 Å². The molecule has 0 unspecified atom stereocenters. The Balaban J connectivity index is 2.14. The van der Waals surface area contributed by atoms with Crippen LogP contribution in [0.4, 0.5) is 0 Å². The van der Waals surface area contributed by atoms with Crippen molar-refractivity contribution in [1.82, 2.24) is 10.2 Å². The van der Waals surface area contributed by atoms with Crippen LogP contribution in [0.1, 0.15) is 11.5 Å². The number of ether oxygens (including phenoxy) is 1. The zero-order valence-electron chi connectivity index (χ0n) is 4.92. The van der Waals surface area contributed by atoms with E-state index in [1.54, 1.807) is 0 Å². The Morgan fingerprint density at radius 3 is 3.11 bits per heavy atom. The Labute approximate surface area is 53.0 Å². The number of aromatic amines is 1. The maximum atomic E-state index is 5.00. The molecule has 1 aromatic heterocycles. The fraction of sp³-hybridized carbons (Fsp3) is 0.500. The van der Waals surface area contributed by atoms with E-state index in [9.17, 15) is 0 Å². The molecule has 1 aliphatic rings. The highest BCUT2D eigenvalue weighted by atomic mass is 16.5. The summed E-state index contributed by atoms with van der Waals surface area (Å²) in [5.41, 5.74) is 1.14. The molecular weight excluding hydrogens is 116 g/mol. The van der Waals surface area contributed by atoms with E-state index in [1.807, 2.05) is 6.20 Å². The highest BCUT2D eigenvalue weighted by Gasteiger charge is 2.20. The summed E-state index contributed by atoms with van der Waals surface area (Å²) in [6.07, 6.45) is 4.72. The number of H-pyrrole nitrogens is 1. The van der Waals surface area contributed by atoms with E-state index in [0.717, 1.165) is 18.8 Å². The minimum Gasteiger partial charge on any atom is -0.380 e. The summed E-state index contributed by atoms with van der Waals surface area (Å²) >= 11 is 0. The first-order chi connectivity index (χ1) is 4.47. The van der Waals surface area contributed by atoms with Crippen molar-refractivity contribution < 1.29 is 4.74 Å². The van der Waals surface area contributed by atoms with Crippen molar-refractivity contribution in [1.29, 1.82) is 0 Å². The first-order valence-electron chi connectivity index (χ1n) is 2.96. The molecule has 3 heteroatoms. The lowest BCUT2D eigenvalue weighted by molar-refractivity contribution is 0.00833. The number of hydrogen-bond acceptors (Lipinski definition) is 2. The lowest BCUT2D eigenvalue weighted by Crippen LogP contribution is -2.24. The maximum Gasteiger partial charge on any atom is 0.116 e. The highest BCUT2D eigenvalue weighted by molar-refractivity contribution is 5.11. The molecule has 0 spiro atoms. The Morgan fingerprint density at radius 1 is 1.78 bits per heavy atom. The molecule has 0 aromatic carbocycles. The van der Waals surface area contributed by atoms with E-state index in [-0.39, 0.29) is 0 Å². The van der Waals surface area contributed by atoms with Crippen LogP contribution in [0, 0.1) is 6.20 Å². The molecule has 3 nitrogen and oxygen atoms in total. The van der Waals surface area contributed by atoms with Gasteiger partial charge in [0.25, 0.3) is 0 Å². The molecule has 1 N–H and O–H groups in total. The van der Waals surface area contributed by atoms with Gasteiger partial charge < -0.3 is 4.74 Å². The van der Waals surface area contributed by atoms with Gasteiger partial charge in [-0.2, -0.15) is 5.10 Å². The zero-order valence-corrected chi connectivity index (χ0v) is 4.92. The molecule has 0 saturated carbocycles. The van der Waals surface area contributed by atoms with Gasteiger partial charge in [0, 0.05) is 17.7 Å². The lowest BCUT2D eigenvalue weighted by atomic mass is 10.0. The summed E-state index contributed by atoms with van der Waals surface area (Å²) in [7, 11) is 0. The van der Waals surface area contributed by atoms with Crippen LogP contribution in [0.15, 0.2) is 6.20 Å². The minimum atomic E-state index is 0.545. The standard InChI is InChI=1S/C6H7N2O/c1-5(2-8-7-1)6-3-9-4-6/h1,6H,3-4H2,(H,7,8). The molecule has 1 aromatic rings. The Kier molecular flexibility index (Phi) is 1.02. The maximum absolute atomic E-state index is 5.00. The molecule has 1 fully saturated rings. The molecule has 1 radical (unpaired) electrons. The summed E-state index contributed by atoms with van der Waals surface area (Å²) < 4.78 is 5.00. The van der Waals surface area contributed by atoms with Gasteiger partial charge in [0.2, 0.25) is 0 Å². The molecule has 1 aliphatic heterocycles. The third-order valence-corrected chi connectivity index (χ3v) is 1.55. The topological polar surface area (TPSA) is 37.9 Å². The monoisotopic (exact) mass is 123 g/mol. The van der Waals surface area contributed by atoms with Gasteiger partial charge in [0.05, 0.1) is 13.2 Å². The van der Waals surface area contributed by atoms with Crippen molar-refractivity contribution in [3.63, 3.8) is 0 Å². The summed E-state index contributed by atoms with van der Waals surface area (Å²) in [5.74, 6) is 0.545. The van der Waals surface area contributed by atoms with Crippen LogP contribution in [-0.2, 0) is 4.74 Å². The van der Waals surface area contributed by atoms with Crippen LogP contribution in [-0.4, -0.2) is 23.4 Å². The minimum absolute atomic E-state index is 0.545. The third kappa shape index (κ3) is 0.733. The zero-order chi connectivity index (χ0) is 6.10. The molecule has 1 saturated heterocycles. The largest absolute Gasteiger partial charge is 0.380 e. The van der Waals surface area contributed by atoms with Crippen molar-refractivity contribution in [3.8, 4) is 0 Å². The van der Waals surface area contributed by atoms with Gasteiger partial charge in [-0.05, 0) is 0 Å². The van der Waals surface area contributed by atoms with Crippen LogP contribution < -0.4 is 0 Å². The number of nitrogens with zero attached hydrogens (tertiary/aromatic N) is 1. The summed E-state index contributed by atoms with van der Waals surface area (Å²) in [4.78, 5) is 0.